The first-order chi connectivity index (χ1) is 10.8. The van der Waals surface area contributed by atoms with Gasteiger partial charge in [-0.05, 0) is 25.3 Å². The highest BCUT2D eigenvalue weighted by Gasteiger charge is 2.38. The highest BCUT2D eigenvalue weighted by atomic mass is 19.4. The molecule has 0 aliphatic carbocycles. The number of carbonyl (C=O) groups is 3. The van der Waals surface area contributed by atoms with Gasteiger partial charge in [-0.1, -0.05) is 20.3 Å². The van der Waals surface area contributed by atoms with Crippen molar-refractivity contribution in [2.24, 2.45) is 17.4 Å². The molecule has 0 aliphatic rings. The Bertz CT molecular complexity index is 416. The molecule has 0 fully saturated rings. The molecule has 8 nitrogen and oxygen atoms in total. The van der Waals surface area contributed by atoms with Crippen LogP contribution in [0.25, 0.3) is 0 Å². The number of carboxylic acids is 2. The first-order valence-electron chi connectivity index (χ1n) is 7.13. The summed E-state index contributed by atoms with van der Waals surface area (Å²) in [5.41, 5.74) is 11.0. The number of amides is 1. The molecule has 1 amide bonds. The van der Waals surface area contributed by atoms with Gasteiger partial charge < -0.3 is 27.0 Å². The Kier molecular flexibility index (Phi) is 11.8. The molecule has 0 saturated heterocycles. The highest BCUT2D eigenvalue weighted by molar-refractivity contribution is 5.86. The van der Waals surface area contributed by atoms with Crippen LogP contribution in [0.4, 0.5) is 13.2 Å². The lowest BCUT2D eigenvalue weighted by molar-refractivity contribution is -0.192. The van der Waals surface area contributed by atoms with Crippen molar-refractivity contribution in [3.05, 3.63) is 0 Å². The number of aliphatic carboxylic acids is 2. The summed E-state index contributed by atoms with van der Waals surface area (Å²) in [6, 6.07) is -1.55. The molecule has 11 heteroatoms. The molecule has 0 heterocycles. The second kappa shape index (κ2) is 11.6. The molecule has 142 valence electrons. The Morgan fingerprint density at radius 1 is 1.12 bits per heavy atom. The molecular formula is C13H24F3N3O5. The Morgan fingerprint density at radius 3 is 1.88 bits per heavy atom. The zero-order chi connectivity index (χ0) is 19.5. The van der Waals surface area contributed by atoms with E-state index < -0.39 is 36.1 Å². The number of carboxylic acid groups (broad SMARTS) is 2. The monoisotopic (exact) mass is 359 g/mol. The minimum atomic E-state index is -5.08. The fraction of sp³-hybridized carbons (Fsp3) is 0.769. The van der Waals surface area contributed by atoms with Gasteiger partial charge in [0.25, 0.3) is 0 Å². The largest absolute Gasteiger partial charge is 0.490 e. The van der Waals surface area contributed by atoms with Crippen LogP contribution >= 0.6 is 0 Å². The quantitative estimate of drug-likeness (QED) is 0.390. The minimum absolute atomic E-state index is 0.173. The van der Waals surface area contributed by atoms with E-state index >= 15 is 0 Å². The number of nitrogens with two attached hydrogens (primary N) is 2. The average molecular weight is 359 g/mol. The summed E-state index contributed by atoms with van der Waals surface area (Å²) in [6.07, 6.45) is -2.98. The summed E-state index contributed by atoms with van der Waals surface area (Å²) in [5.74, 6) is -4.38. The lowest BCUT2D eigenvalue weighted by Crippen LogP contribution is -2.50. The first kappa shape index (κ1) is 24.4. The van der Waals surface area contributed by atoms with Crippen molar-refractivity contribution < 1.29 is 37.8 Å². The van der Waals surface area contributed by atoms with Gasteiger partial charge in [0.05, 0.1) is 6.04 Å². The van der Waals surface area contributed by atoms with E-state index in [1.165, 1.54) is 0 Å². The van der Waals surface area contributed by atoms with Gasteiger partial charge in [0, 0.05) is 0 Å². The van der Waals surface area contributed by atoms with Crippen LogP contribution in [0.2, 0.25) is 0 Å². The van der Waals surface area contributed by atoms with E-state index in [1.807, 2.05) is 0 Å². The Hall–Kier alpha value is -1.88. The zero-order valence-electron chi connectivity index (χ0n) is 13.5. The normalized spacial score (nSPS) is 13.5. The van der Waals surface area contributed by atoms with E-state index in [0.29, 0.717) is 13.0 Å². The first-order valence-corrected chi connectivity index (χ1v) is 7.13. The topological polar surface area (TPSA) is 156 Å². The van der Waals surface area contributed by atoms with Crippen molar-refractivity contribution in [2.45, 2.75) is 51.4 Å². The molecule has 0 rings (SSSR count). The third-order valence-corrected chi connectivity index (χ3v) is 2.78. The van der Waals surface area contributed by atoms with Crippen molar-refractivity contribution in [1.29, 1.82) is 0 Å². The average Bonchev–Trinajstić information content (AvgIpc) is 2.43. The smallest absolute Gasteiger partial charge is 0.480 e. The highest BCUT2D eigenvalue weighted by Crippen LogP contribution is 2.13. The number of alkyl halides is 3. The Morgan fingerprint density at radius 2 is 1.58 bits per heavy atom. The van der Waals surface area contributed by atoms with Gasteiger partial charge >= 0.3 is 18.1 Å². The molecule has 0 spiro atoms. The molecule has 24 heavy (non-hydrogen) atoms. The second-order valence-corrected chi connectivity index (χ2v) is 5.26. The van der Waals surface area contributed by atoms with Crippen molar-refractivity contribution in [3.63, 3.8) is 0 Å². The summed E-state index contributed by atoms with van der Waals surface area (Å²) < 4.78 is 31.7. The number of nitrogens with one attached hydrogen (secondary N) is 1. The van der Waals surface area contributed by atoms with Crippen LogP contribution in [0.15, 0.2) is 0 Å². The number of rotatable bonds is 8. The van der Waals surface area contributed by atoms with Gasteiger partial charge in [-0.2, -0.15) is 13.2 Å². The molecule has 0 radical (unpaired) electrons. The predicted molar refractivity (Wildman–Crippen MR) is 79.0 cm³/mol. The maximum absolute atomic E-state index is 11.6. The van der Waals surface area contributed by atoms with Crippen LogP contribution in [-0.2, 0) is 14.4 Å². The van der Waals surface area contributed by atoms with Crippen LogP contribution in [0.3, 0.4) is 0 Å². The Labute approximate surface area is 137 Å². The van der Waals surface area contributed by atoms with Crippen molar-refractivity contribution in [2.75, 3.05) is 6.54 Å². The van der Waals surface area contributed by atoms with Crippen LogP contribution < -0.4 is 16.8 Å². The minimum Gasteiger partial charge on any atom is -0.480 e. The van der Waals surface area contributed by atoms with Gasteiger partial charge in [0.2, 0.25) is 5.91 Å². The molecule has 0 bridgehead atoms. The van der Waals surface area contributed by atoms with Crippen molar-refractivity contribution in [3.8, 4) is 0 Å². The predicted octanol–water partition coefficient (Wildman–Crippen LogP) is 0.301. The standard InChI is InChI=1S/C11H23N3O3.C2HF3O2/c1-7(2)9(11(16)17)14-10(15)8(13)5-3-4-6-12;3-2(4,5)1(6)7/h7-9H,3-6,12-13H2,1-2H3,(H,14,15)(H,16,17);(H,6,7). The third-order valence-electron chi connectivity index (χ3n) is 2.78. The van der Waals surface area contributed by atoms with E-state index in [4.69, 9.17) is 26.5 Å². The number of hydrogen-bond acceptors (Lipinski definition) is 5. The van der Waals surface area contributed by atoms with Crippen molar-refractivity contribution >= 4 is 17.8 Å². The zero-order valence-corrected chi connectivity index (χ0v) is 13.5. The van der Waals surface area contributed by atoms with Crippen LogP contribution in [0, 0.1) is 5.92 Å². The molecule has 0 saturated carbocycles. The van der Waals surface area contributed by atoms with E-state index in [9.17, 15) is 22.8 Å². The number of halogens is 3. The number of carbonyl (C=O) groups excluding carboxylic acids is 1. The maximum atomic E-state index is 11.6. The van der Waals surface area contributed by atoms with Gasteiger partial charge in [-0.25, -0.2) is 9.59 Å². The summed E-state index contributed by atoms with van der Waals surface area (Å²) in [5, 5.41) is 18.5. The fourth-order valence-corrected chi connectivity index (χ4v) is 1.41. The van der Waals surface area contributed by atoms with Gasteiger partial charge in [0.15, 0.2) is 0 Å². The summed E-state index contributed by atoms with van der Waals surface area (Å²) in [6.45, 7) is 4.04. The van der Waals surface area contributed by atoms with Gasteiger partial charge in [-0.3, -0.25) is 4.79 Å². The molecule has 0 aromatic rings. The molecular weight excluding hydrogens is 335 g/mol. The van der Waals surface area contributed by atoms with Crippen LogP contribution in [0.1, 0.15) is 33.1 Å². The Balaban J connectivity index is 0. The molecule has 0 aromatic heterocycles. The van der Waals surface area contributed by atoms with Crippen LogP contribution in [0.5, 0.6) is 0 Å². The van der Waals surface area contributed by atoms with E-state index in [0.717, 1.165) is 12.8 Å². The van der Waals surface area contributed by atoms with Crippen LogP contribution in [-0.4, -0.2) is 52.9 Å². The third kappa shape index (κ3) is 11.7. The van der Waals surface area contributed by atoms with E-state index in [2.05, 4.69) is 5.32 Å². The maximum Gasteiger partial charge on any atom is 0.490 e. The SMILES string of the molecule is CC(C)C(NC(=O)C(N)CCCCN)C(=O)O.O=C(O)C(F)(F)F. The lowest BCUT2D eigenvalue weighted by atomic mass is 10.0. The molecule has 0 aromatic carbocycles. The van der Waals surface area contributed by atoms with Gasteiger partial charge in [-0.15, -0.1) is 0 Å². The molecule has 7 N–H and O–H groups in total. The lowest BCUT2D eigenvalue weighted by Gasteiger charge is -2.20. The molecule has 2 atom stereocenters. The fourth-order valence-electron chi connectivity index (χ4n) is 1.41. The summed E-state index contributed by atoms with van der Waals surface area (Å²) in [4.78, 5) is 31.4. The van der Waals surface area contributed by atoms with E-state index in [-0.39, 0.29) is 5.92 Å². The molecule has 2 unspecified atom stereocenters. The van der Waals surface area contributed by atoms with Crippen molar-refractivity contribution in [1.82, 2.24) is 5.32 Å². The summed E-state index contributed by atoms with van der Waals surface area (Å²) >= 11 is 0. The summed E-state index contributed by atoms with van der Waals surface area (Å²) in [7, 11) is 0. The number of hydrogen-bond donors (Lipinski definition) is 5. The second-order valence-electron chi connectivity index (χ2n) is 5.26. The van der Waals surface area contributed by atoms with E-state index in [1.54, 1.807) is 13.8 Å². The van der Waals surface area contributed by atoms with Gasteiger partial charge in [0.1, 0.15) is 6.04 Å². The molecule has 0 aliphatic heterocycles. The number of unbranched alkanes of at least 4 members (excludes halogenated alkanes) is 1.